The predicted octanol–water partition coefficient (Wildman–Crippen LogP) is 4.08. The van der Waals surface area contributed by atoms with Crippen LogP contribution in [0.2, 0.25) is 0 Å². The number of aromatic amines is 1. The van der Waals surface area contributed by atoms with E-state index >= 15 is 0 Å². The van der Waals surface area contributed by atoms with Crippen molar-refractivity contribution in [3.63, 3.8) is 0 Å². The van der Waals surface area contributed by atoms with E-state index in [-0.39, 0.29) is 0 Å². The van der Waals surface area contributed by atoms with Gasteiger partial charge in [0, 0.05) is 0 Å². The van der Waals surface area contributed by atoms with Crippen molar-refractivity contribution >= 4 is 31.9 Å². The minimum atomic E-state index is 0.592. The molecular formula is C11H6Br2N2. The second-order valence-corrected chi connectivity index (χ2v) is 4.57. The molecule has 0 saturated heterocycles. The zero-order chi connectivity index (χ0) is 10.8. The van der Waals surface area contributed by atoms with Crippen LogP contribution in [0.1, 0.15) is 5.56 Å². The molecule has 1 N–H and O–H groups in total. The van der Waals surface area contributed by atoms with Gasteiger partial charge in [0.25, 0.3) is 0 Å². The van der Waals surface area contributed by atoms with Crippen LogP contribution in [0, 0.1) is 11.3 Å². The molecule has 15 heavy (non-hydrogen) atoms. The zero-order valence-electron chi connectivity index (χ0n) is 7.59. The van der Waals surface area contributed by atoms with Crippen LogP contribution in [-0.4, -0.2) is 4.98 Å². The molecule has 0 amide bonds. The highest BCUT2D eigenvalue weighted by molar-refractivity contribution is 9.11. The quantitative estimate of drug-likeness (QED) is 0.843. The Morgan fingerprint density at radius 2 is 1.80 bits per heavy atom. The molecule has 0 aliphatic heterocycles. The van der Waals surface area contributed by atoms with E-state index < -0.39 is 0 Å². The lowest BCUT2D eigenvalue weighted by Crippen LogP contribution is -1.76. The Kier molecular flexibility index (Phi) is 2.94. The Hall–Kier alpha value is -1.05. The molecule has 0 fully saturated rings. The maximum absolute atomic E-state index is 8.93. The van der Waals surface area contributed by atoms with Crippen LogP contribution in [0.4, 0.5) is 0 Å². The second kappa shape index (κ2) is 4.21. The van der Waals surface area contributed by atoms with Crippen LogP contribution >= 0.6 is 31.9 Å². The predicted molar refractivity (Wildman–Crippen MR) is 66.3 cm³/mol. The number of hydrogen-bond donors (Lipinski definition) is 1. The van der Waals surface area contributed by atoms with Gasteiger partial charge in [0.05, 0.1) is 15.7 Å². The third-order valence-corrected chi connectivity index (χ3v) is 3.46. The van der Waals surface area contributed by atoms with Crippen LogP contribution in [0.25, 0.3) is 11.3 Å². The maximum atomic E-state index is 8.93. The number of aromatic nitrogens is 1. The summed E-state index contributed by atoms with van der Waals surface area (Å²) in [5, 5.41) is 8.93. The van der Waals surface area contributed by atoms with Crippen molar-refractivity contribution in [2.45, 2.75) is 0 Å². The number of hydrogen-bond acceptors (Lipinski definition) is 1. The number of H-pyrrole nitrogens is 1. The minimum Gasteiger partial charge on any atom is -0.347 e. The van der Waals surface area contributed by atoms with Gasteiger partial charge in [0.2, 0.25) is 0 Å². The first-order valence-corrected chi connectivity index (χ1v) is 5.85. The molecule has 0 spiro atoms. The van der Waals surface area contributed by atoms with Gasteiger partial charge in [0.1, 0.15) is 10.7 Å². The monoisotopic (exact) mass is 324 g/mol. The summed E-state index contributed by atoms with van der Waals surface area (Å²) in [5.41, 5.74) is 2.56. The van der Waals surface area contributed by atoms with Crippen LogP contribution in [0.5, 0.6) is 0 Å². The van der Waals surface area contributed by atoms with Crippen molar-refractivity contribution in [3.05, 3.63) is 45.0 Å². The van der Waals surface area contributed by atoms with Crippen LogP contribution < -0.4 is 0 Å². The maximum Gasteiger partial charge on any atom is 0.103 e. The van der Waals surface area contributed by atoms with E-state index in [1.165, 1.54) is 0 Å². The van der Waals surface area contributed by atoms with Crippen molar-refractivity contribution in [1.29, 1.82) is 5.26 Å². The summed E-state index contributed by atoms with van der Waals surface area (Å²) in [6, 6.07) is 12.0. The largest absolute Gasteiger partial charge is 0.347 e. The molecule has 0 radical (unpaired) electrons. The lowest BCUT2D eigenvalue weighted by molar-refractivity contribution is 1.34. The number of rotatable bonds is 1. The van der Waals surface area contributed by atoms with Crippen molar-refractivity contribution in [1.82, 2.24) is 4.98 Å². The lowest BCUT2D eigenvalue weighted by atomic mass is 10.1. The lowest BCUT2D eigenvalue weighted by Gasteiger charge is -1.97. The van der Waals surface area contributed by atoms with E-state index in [0.717, 1.165) is 15.7 Å². The Bertz CT molecular complexity index is 524. The van der Waals surface area contributed by atoms with Gasteiger partial charge in [-0.15, -0.1) is 0 Å². The van der Waals surface area contributed by atoms with Gasteiger partial charge in [-0.05, 0) is 37.4 Å². The van der Waals surface area contributed by atoms with E-state index in [2.05, 4.69) is 42.9 Å². The highest BCUT2D eigenvalue weighted by Crippen LogP contribution is 2.34. The summed E-state index contributed by atoms with van der Waals surface area (Å²) in [7, 11) is 0. The van der Waals surface area contributed by atoms with Crippen molar-refractivity contribution < 1.29 is 0 Å². The van der Waals surface area contributed by atoms with E-state index in [4.69, 9.17) is 5.26 Å². The molecule has 0 aliphatic rings. The fourth-order valence-corrected chi connectivity index (χ4v) is 2.72. The highest BCUT2D eigenvalue weighted by atomic mass is 79.9. The first-order chi connectivity index (χ1) is 7.24. The average Bonchev–Trinajstić information content (AvgIpc) is 2.55. The van der Waals surface area contributed by atoms with Gasteiger partial charge in [-0.25, -0.2) is 0 Å². The third-order valence-electron chi connectivity index (χ3n) is 2.07. The molecule has 1 aromatic heterocycles. The zero-order valence-corrected chi connectivity index (χ0v) is 10.8. The van der Waals surface area contributed by atoms with Gasteiger partial charge in [-0.2, -0.15) is 5.26 Å². The molecule has 2 aromatic rings. The number of halogens is 2. The SMILES string of the molecule is N#Cc1c(Br)[nH]c(-c2ccccc2)c1Br. The summed E-state index contributed by atoms with van der Waals surface area (Å²) in [5.74, 6) is 0. The van der Waals surface area contributed by atoms with E-state index in [1.807, 2.05) is 30.3 Å². The molecule has 1 aromatic carbocycles. The van der Waals surface area contributed by atoms with Gasteiger partial charge >= 0.3 is 0 Å². The normalized spacial score (nSPS) is 9.93. The number of nitrogens with one attached hydrogen (secondary N) is 1. The van der Waals surface area contributed by atoms with Crippen molar-refractivity contribution in [3.8, 4) is 17.3 Å². The molecule has 0 atom stereocenters. The molecule has 74 valence electrons. The first kappa shape index (κ1) is 10.5. The minimum absolute atomic E-state index is 0.592. The highest BCUT2D eigenvalue weighted by Gasteiger charge is 2.14. The van der Waals surface area contributed by atoms with Crippen LogP contribution in [0.15, 0.2) is 39.4 Å². The second-order valence-electron chi connectivity index (χ2n) is 2.98. The summed E-state index contributed by atoms with van der Waals surface area (Å²) >= 11 is 6.73. The molecular weight excluding hydrogens is 320 g/mol. The summed E-state index contributed by atoms with van der Waals surface area (Å²) in [6.45, 7) is 0. The molecule has 0 bridgehead atoms. The fraction of sp³-hybridized carbons (Fsp3) is 0. The molecule has 4 heteroatoms. The Morgan fingerprint density at radius 3 is 2.33 bits per heavy atom. The summed E-state index contributed by atoms with van der Waals surface area (Å²) in [4.78, 5) is 3.13. The summed E-state index contributed by atoms with van der Waals surface area (Å²) in [6.07, 6.45) is 0. The average molecular weight is 326 g/mol. The van der Waals surface area contributed by atoms with Crippen LogP contribution in [0.3, 0.4) is 0 Å². The van der Waals surface area contributed by atoms with Crippen molar-refractivity contribution in [2.24, 2.45) is 0 Å². The molecule has 0 unspecified atom stereocenters. The van der Waals surface area contributed by atoms with E-state index in [1.54, 1.807) is 0 Å². The fourth-order valence-electron chi connectivity index (χ4n) is 1.35. The number of benzene rings is 1. The molecule has 2 nitrogen and oxygen atoms in total. The Balaban J connectivity index is 2.62. The smallest absolute Gasteiger partial charge is 0.103 e. The van der Waals surface area contributed by atoms with Gasteiger partial charge < -0.3 is 4.98 Å². The molecule has 1 heterocycles. The Labute approximate surface area is 104 Å². The van der Waals surface area contributed by atoms with Gasteiger partial charge in [0.15, 0.2) is 0 Å². The van der Waals surface area contributed by atoms with E-state index in [0.29, 0.717) is 10.2 Å². The first-order valence-electron chi connectivity index (χ1n) is 4.26. The Morgan fingerprint density at radius 1 is 1.13 bits per heavy atom. The molecule has 0 aliphatic carbocycles. The van der Waals surface area contributed by atoms with E-state index in [9.17, 15) is 0 Å². The molecule has 2 rings (SSSR count). The van der Waals surface area contributed by atoms with Gasteiger partial charge in [-0.1, -0.05) is 30.3 Å². The topological polar surface area (TPSA) is 39.6 Å². The third kappa shape index (κ3) is 1.85. The van der Waals surface area contributed by atoms with Crippen LogP contribution in [-0.2, 0) is 0 Å². The summed E-state index contributed by atoms with van der Waals surface area (Å²) < 4.78 is 1.50. The standard InChI is InChI=1S/C11H6Br2N2/c12-9-8(6-14)11(13)15-10(9)7-4-2-1-3-5-7/h1-5,15H. The van der Waals surface area contributed by atoms with Gasteiger partial charge in [-0.3, -0.25) is 0 Å². The number of nitriles is 1. The molecule has 0 saturated carbocycles. The van der Waals surface area contributed by atoms with Crippen molar-refractivity contribution in [2.75, 3.05) is 0 Å². The number of nitrogens with zero attached hydrogens (tertiary/aromatic N) is 1.